The predicted octanol–water partition coefficient (Wildman–Crippen LogP) is 6.47. The molecular weight excluding hydrogens is 564 g/mol. The van der Waals surface area contributed by atoms with Crippen LogP contribution in [0.2, 0.25) is 5.04 Å². The van der Waals surface area contributed by atoms with Crippen LogP contribution in [0.1, 0.15) is 64.9 Å². The molecule has 2 aliphatic heterocycles. The number of hydrogen-bond acceptors (Lipinski definition) is 5. The molecule has 2 unspecified atom stereocenters. The minimum absolute atomic E-state index is 0.0222. The molecule has 3 fully saturated rings. The minimum Gasteiger partial charge on any atom is -0.407 e. The maximum absolute atomic E-state index is 10.9. The monoisotopic (exact) mass is 614 g/mol. The van der Waals surface area contributed by atoms with Crippen LogP contribution in [0.15, 0.2) is 91.0 Å². The van der Waals surface area contributed by atoms with E-state index in [0.29, 0.717) is 19.6 Å². The fourth-order valence-electron chi connectivity index (χ4n) is 8.37. The standard InChI is InChI=1S/C38H50O5Si/c1-37(2,3)44(30-17-9-5-10-18-30,31-19-11-6-12-20-31)42-27-32-33-28-41-35(39)26-38(33,23-22-29-15-7-4-8-16-29)25-34(32)43-36-21-13-14-24-40-36/h4-12,15-20,32-36,39H,13-14,21-28H2,1-3H3/t32-,33-,34-,35?,36?,38-/m1/s1. The molecule has 0 bridgehead atoms. The Morgan fingerprint density at radius 2 is 1.48 bits per heavy atom. The van der Waals surface area contributed by atoms with Gasteiger partial charge in [0.1, 0.15) is 0 Å². The van der Waals surface area contributed by atoms with E-state index in [9.17, 15) is 5.11 Å². The summed E-state index contributed by atoms with van der Waals surface area (Å²) in [6, 6.07) is 32.5. The van der Waals surface area contributed by atoms with Crippen molar-refractivity contribution in [3.05, 3.63) is 96.6 Å². The molecule has 3 aromatic carbocycles. The summed E-state index contributed by atoms with van der Waals surface area (Å²) in [5.41, 5.74) is 1.24. The van der Waals surface area contributed by atoms with E-state index in [0.717, 1.165) is 45.1 Å². The number of ether oxygens (including phenoxy) is 3. The summed E-state index contributed by atoms with van der Waals surface area (Å²) in [4.78, 5) is 0. The molecule has 6 heteroatoms. The summed E-state index contributed by atoms with van der Waals surface area (Å²) < 4.78 is 26.6. The number of rotatable bonds is 10. The SMILES string of the molecule is CC(C)(C)[Si](OC[C@@H]1[C@H]2COC(O)C[C@@]2(CCc2ccccc2)C[C@H]1OC1CCCCO1)(c1ccccc1)c1ccccc1. The largest absolute Gasteiger partial charge is 0.407 e. The second-order valence-electron chi connectivity index (χ2n) is 14.3. The highest BCUT2D eigenvalue weighted by Crippen LogP contribution is 2.57. The molecule has 3 aliphatic rings. The molecule has 2 saturated heterocycles. The highest BCUT2D eigenvalue weighted by Gasteiger charge is 2.58. The smallest absolute Gasteiger partial charge is 0.261 e. The number of benzene rings is 3. The van der Waals surface area contributed by atoms with Gasteiger partial charge in [0.15, 0.2) is 12.6 Å². The first-order valence-corrected chi connectivity index (χ1v) is 18.6. The Morgan fingerprint density at radius 3 is 2.07 bits per heavy atom. The van der Waals surface area contributed by atoms with Crippen molar-refractivity contribution in [2.24, 2.45) is 17.3 Å². The number of aliphatic hydroxyl groups is 1. The Labute approximate surface area is 265 Å². The van der Waals surface area contributed by atoms with Crippen LogP contribution in [-0.2, 0) is 25.1 Å². The van der Waals surface area contributed by atoms with Crippen LogP contribution in [0.3, 0.4) is 0 Å². The molecule has 3 aromatic rings. The second-order valence-corrected chi connectivity index (χ2v) is 18.6. The number of aryl methyl sites for hydroxylation is 1. The van der Waals surface area contributed by atoms with Gasteiger partial charge in [-0.25, -0.2) is 0 Å². The first-order valence-electron chi connectivity index (χ1n) is 16.7. The van der Waals surface area contributed by atoms with Crippen molar-refractivity contribution in [3.63, 3.8) is 0 Å². The molecule has 6 rings (SSSR count). The van der Waals surface area contributed by atoms with Gasteiger partial charge in [0.05, 0.1) is 12.7 Å². The van der Waals surface area contributed by atoms with Gasteiger partial charge in [-0.15, -0.1) is 0 Å². The van der Waals surface area contributed by atoms with Crippen LogP contribution in [0.25, 0.3) is 0 Å². The summed E-state index contributed by atoms with van der Waals surface area (Å²) >= 11 is 0. The Hall–Kier alpha value is -2.32. The third-order valence-electron chi connectivity index (χ3n) is 10.6. The van der Waals surface area contributed by atoms with E-state index in [2.05, 4.69) is 112 Å². The van der Waals surface area contributed by atoms with Gasteiger partial charge in [-0.2, -0.15) is 0 Å². The molecule has 1 saturated carbocycles. The third-order valence-corrected chi connectivity index (χ3v) is 15.6. The highest BCUT2D eigenvalue weighted by atomic mass is 28.4. The van der Waals surface area contributed by atoms with Crippen LogP contribution in [0, 0.1) is 17.3 Å². The predicted molar refractivity (Wildman–Crippen MR) is 177 cm³/mol. The number of fused-ring (bicyclic) bond motifs is 1. The Balaban J connectivity index is 1.36. The molecule has 236 valence electrons. The molecule has 2 heterocycles. The van der Waals surface area contributed by atoms with Crippen molar-refractivity contribution < 1.29 is 23.7 Å². The van der Waals surface area contributed by atoms with Crippen molar-refractivity contribution in [2.75, 3.05) is 19.8 Å². The second kappa shape index (κ2) is 13.6. The maximum Gasteiger partial charge on any atom is 0.261 e. The van der Waals surface area contributed by atoms with Gasteiger partial charge >= 0.3 is 0 Å². The van der Waals surface area contributed by atoms with Gasteiger partial charge in [0.25, 0.3) is 8.32 Å². The van der Waals surface area contributed by atoms with E-state index in [1.807, 2.05) is 0 Å². The van der Waals surface area contributed by atoms with Crippen molar-refractivity contribution in [1.29, 1.82) is 0 Å². The van der Waals surface area contributed by atoms with Crippen LogP contribution in [-0.4, -0.2) is 51.9 Å². The van der Waals surface area contributed by atoms with E-state index in [1.165, 1.54) is 15.9 Å². The first-order chi connectivity index (χ1) is 21.3. The fraction of sp³-hybridized carbons (Fsp3) is 0.526. The van der Waals surface area contributed by atoms with Crippen molar-refractivity contribution in [2.45, 2.75) is 89.4 Å². The van der Waals surface area contributed by atoms with Gasteiger partial charge < -0.3 is 23.7 Å². The van der Waals surface area contributed by atoms with E-state index >= 15 is 0 Å². The van der Waals surface area contributed by atoms with Gasteiger partial charge in [0, 0.05) is 25.6 Å². The fourth-order valence-corrected chi connectivity index (χ4v) is 13.0. The molecule has 1 aliphatic carbocycles. The van der Waals surface area contributed by atoms with Gasteiger partial charge in [-0.3, -0.25) is 0 Å². The molecule has 5 nitrogen and oxygen atoms in total. The summed E-state index contributed by atoms with van der Waals surface area (Å²) in [6.45, 7) is 8.87. The Bertz CT molecular complexity index is 1270. The average molecular weight is 615 g/mol. The molecule has 0 radical (unpaired) electrons. The van der Waals surface area contributed by atoms with Crippen molar-refractivity contribution in [3.8, 4) is 0 Å². The van der Waals surface area contributed by atoms with E-state index in [4.69, 9.17) is 18.6 Å². The molecule has 1 N–H and O–H groups in total. The zero-order valence-corrected chi connectivity index (χ0v) is 27.7. The summed E-state index contributed by atoms with van der Waals surface area (Å²) in [5.74, 6) is 0.354. The lowest BCUT2D eigenvalue weighted by molar-refractivity contribution is -0.199. The normalized spacial score (nSPS) is 29.3. The lowest BCUT2D eigenvalue weighted by Gasteiger charge is -2.46. The van der Waals surface area contributed by atoms with Gasteiger partial charge in [-0.1, -0.05) is 112 Å². The van der Waals surface area contributed by atoms with Crippen LogP contribution >= 0.6 is 0 Å². The van der Waals surface area contributed by atoms with Crippen molar-refractivity contribution >= 4 is 18.7 Å². The zero-order valence-electron chi connectivity index (χ0n) is 26.7. The highest BCUT2D eigenvalue weighted by molar-refractivity contribution is 6.99. The molecule has 0 amide bonds. The summed E-state index contributed by atoms with van der Waals surface area (Å²) in [6.07, 6.45) is 5.68. The minimum atomic E-state index is -2.74. The number of aliphatic hydroxyl groups excluding tert-OH is 1. The quantitative estimate of drug-likeness (QED) is 0.266. The van der Waals surface area contributed by atoms with Gasteiger partial charge in [-0.05, 0) is 70.8 Å². The Morgan fingerprint density at radius 1 is 0.841 bits per heavy atom. The maximum atomic E-state index is 10.9. The van der Waals surface area contributed by atoms with Crippen LogP contribution in [0.4, 0.5) is 0 Å². The van der Waals surface area contributed by atoms with E-state index in [-0.39, 0.29) is 34.7 Å². The van der Waals surface area contributed by atoms with Gasteiger partial charge in [0.2, 0.25) is 0 Å². The summed E-state index contributed by atoms with van der Waals surface area (Å²) in [7, 11) is -2.74. The van der Waals surface area contributed by atoms with Crippen LogP contribution in [0.5, 0.6) is 0 Å². The zero-order chi connectivity index (χ0) is 30.6. The average Bonchev–Trinajstić information content (AvgIpc) is 3.33. The van der Waals surface area contributed by atoms with E-state index in [1.54, 1.807) is 0 Å². The Kier molecular flexibility index (Phi) is 9.77. The molecular formula is C38H50O5Si. The third kappa shape index (κ3) is 6.48. The van der Waals surface area contributed by atoms with Crippen LogP contribution < -0.4 is 10.4 Å². The lowest BCUT2D eigenvalue weighted by Crippen LogP contribution is -2.67. The summed E-state index contributed by atoms with van der Waals surface area (Å²) in [5, 5.41) is 13.3. The molecule has 6 atom stereocenters. The molecule has 0 spiro atoms. The topological polar surface area (TPSA) is 57.2 Å². The van der Waals surface area contributed by atoms with E-state index < -0.39 is 14.6 Å². The first kappa shape index (κ1) is 31.7. The van der Waals surface area contributed by atoms with Crippen molar-refractivity contribution in [1.82, 2.24) is 0 Å². The molecule has 44 heavy (non-hydrogen) atoms. The molecule has 0 aromatic heterocycles. The lowest BCUT2D eigenvalue weighted by atomic mass is 9.68. The number of hydrogen-bond donors (Lipinski definition) is 1.